The maximum atomic E-state index is 12.5. The second-order valence-corrected chi connectivity index (χ2v) is 16.4. The Morgan fingerprint density at radius 3 is 2.22 bits per heavy atom. The van der Waals surface area contributed by atoms with E-state index in [2.05, 4.69) is 40.9 Å². The monoisotopic (exact) mass is 692 g/mol. The molecule has 0 spiro atoms. The van der Waals surface area contributed by atoms with Gasteiger partial charge in [-0.15, -0.1) is 0 Å². The van der Waals surface area contributed by atoms with Crippen LogP contribution in [0.15, 0.2) is 10.2 Å². The van der Waals surface area contributed by atoms with Crippen molar-refractivity contribution >= 4 is 32.3 Å². The van der Waals surface area contributed by atoms with Crippen molar-refractivity contribution in [3.05, 3.63) is 0 Å². The van der Waals surface area contributed by atoms with E-state index in [9.17, 15) is 41.4 Å². The van der Waals surface area contributed by atoms with E-state index in [0.717, 1.165) is 6.42 Å². The van der Waals surface area contributed by atoms with Crippen molar-refractivity contribution in [2.24, 2.45) is 33.9 Å². The maximum Gasteiger partial charge on any atom is 1.00 e. The number of fused-ring (bicyclic) bond motifs is 2. The van der Waals surface area contributed by atoms with Gasteiger partial charge < -0.3 is 24.6 Å². The molecule has 1 heterocycles. The van der Waals surface area contributed by atoms with Crippen molar-refractivity contribution < 1.29 is 107 Å². The summed E-state index contributed by atoms with van der Waals surface area (Å²) in [4.78, 5) is 0. The van der Waals surface area contributed by atoms with Crippen LogP contribution >= 0.6 is 12.0 Å². The summed E-state index contributed by atoms with van der Waals surface area (Å²) in [5, 5.41) is 53.0. The van der Waals surface area contributed by atoms with Crippen molar-refractivity contribution in [1.82, 2.24) is 21.3 Å². The minimum atomic E-state index is -4.94. The number of rotatable bonds is 9. The first-order chi connectivity index (χ1) is 20.4. The summed E-state index contributed by atoms with van der Waals surface area (Å²) in [6.07, 6.45) is 1.36. The van der Waals surface area contributed by atoms with Crippen LogP contribution in [0.5, 0.6) is 0 Å². The van der Waals surface area contributed by atoms with Crippen molar-refractivity contribution in [3.63, 3.8) is 0 Å². The zero-order valence-corrected chi connectivity index (χ0v) is 28.7. The summed E-state index contributed by atoms with van der Waals surface area (Å²) in [6.45, 7) is 0.413. The molecule has 23 heteroatoms. The summed E-state index contributed by atoms with van der Waals surface area (Å²) in [6, 6.07) is -1.88. The molecule has 0 aromatic rings. The molecule has 0 bridgehead atoms. The number of aliphatic hydroxyl groups excluding tert-OH is 2. The van der Waals surface area contributed by atoms with Crippen molar-refractivity contribution in [2.45, 2.75) is 110 Å². The van der Waals surface area contributed by atoms with Crippen LogP contribution in [0.1, 0.15) is 57.8 Å². The van der Waals surface area contributed by atoms with Gasteiger partial charge in [0.2, 0.25) is 0 Å². The first-order valence-corrected chi connectivity index (χ1v) is 18.4. The fourth-order valence-corrected chi connectivity index (χ4v) is 11.5. The fourth-order valence-electron chi connectivity index (χ4n) is 8.18. The van der Waals surface area contributed by atoms with Gasteiger partial charge in [-0.05, 0) is 75.0 Å². The number of nitrogens with zero attached hydrogens (tertiary/aromatic N) is 2. The van der Waals surface area contributed by atoms with E-state index in [1.165, 1.54) is 0 Å². The number of azo groups is 1. The zero-order chi connectivity index (χ0) is 30.9. The summed E-state index contributed by atoms with van der Waals surface area (Å²) in [5.74, 6) is -1.72. The van der Waals surface area contributed by atoms with Crippen LogP contribution in [-0.4, -0.2) is 95.4 Å². The van der Waals surface area contributed by atoms with Gasteiger partial charge in [-0.3, -0.25) is 26.3 Å². The summed E-state index contributed by atoms with van der Waals surface area (Å²) < 4.78 is 77.7. The Morgan fingerprint density at radius 2 is 1.57 bits per heavy atom. The standard InChI is InChI=1S/C23H42N6O11S3.3Li/c30-20-13-5-4-12(26-22-24-10-25-23(31)27-22)8-11(13)9-17(41-40-39-32)19(20)29-28-16-7-6-14-15(21(16)43(36,37)38)2-1-3-18(14)42(33,34)35;;;/h11-27,30-32H,1-10H2,(H,33,34,35)(H,36,37,38);;;/q;3*+1/p-3. The molecular formula is C23H39Li3N6O11S3. The molecule has 5 aliphatic rings. The second kappa shape index (κ2) is 18.6. The minimum Gasteiger partial charge on any atom is -0.748 e. The summed E-state index contributed by atoms with van der Waals surface area (Å²) in [7, 11) is -9.62. The Hall–Kier alpha value is 1.20. The van der Waals surface area contributed by atoms with E-state index < -0.39 is 72.4 Å². The molecule has 5 fully saturated rings. The van der Waals surface area contributed by atoms with Crippen molar-refractivity contribution in [3.8, 4) is 0 Å². The molecule has 248 valence electrons. The van der Waals surface area contributed by atoms with Gasteiger partial charge in [0.25, 0.3) is 0 Å². The topological polar surface area (TPSA) is 269 Å². The Morgan fingerprint density at radius 1 is 0.848 bits per heavy atom. The largest absolute Gasteiger partial charge is 1.00 e. The maximum absolute atomic E-state index is 12.5. The van der Waals surface area contributed by atoms with Gasteiger partial charge in [0, 0.05) is 18.1 Å². The van der Waals surface area contributed by atoms with Gasteiger partial charge in [0.1, 0.15) is 12.3 Å². The van der Waals surface area contributed by atoms with Crippen molar-refractivity contribution in [1.29, 1.82) is 0 Å². The molecular weight excluding hydrogens is 653 g/mol. The van der Waals surface area contributed by atoms with Gasteiger partial charge in [-0.2, -0.15) is 14.6 Å². The molecule has 4 saturated carbocycles. The molecule has 13 unspecified atom stereocenters. The molecule has 17 nitrogen and oxygen atoms in total. The quantitative estimate of drug-likeness (QED) is 0.0327. The molecule has 0 aromatic carbocycles. The third-order valence-electron chi connectivity index (χ3n) is 9.97. The molecule has 1 aliphatic heterocycles. The molecule has 0 aromatic heterocycles. The molecule has 5 rings (SSSR count). The Balaban J connectivity index is 0.00000245. The third-order valence-corrected chi connectivity index (χ3v) is 13.5. The van der Waals surface area contributed by atoms with E-state index in [1.54, 1.807) is 0 Å². The Bertz CT molecular complexity index is 1220. The van der Waals surface area contributed by atoms with Crippen LogP contribution in [0.3, 0.4) is 0 Å². The SMILES string of the molecule is O=S(=O)([O-])C1CCCC2C1CCC(N=NC1C(SOO[O-])CC3CC(NC4NCNC(O)N4)CCC3C1O)C2S(=O)(=O)[O-].[Li+].[Li+].[Li+]. The zero-order valence-electron chi connectivity index (χ0n) is 26.3. The van der Waals surface area contributed by atoms with Crippen LogP contribution in [-0.2, 0) is 29.6 Å². The predicted octanol–water partition coefficient (Wildman–Crippen LogP) is -11.1. The smallest absolute Gasteiger partial charge is 0.748 e. The molecule has 1 saturated heterocycles. The van der Waals surface area contributed by atoms with E-state index in [1.807, 2.05) is 0 Å². The first kappa shape index (κ1) is 43.4. The van der Waals surface area contributed by atoms with Crippen LogP contribution in [0, 0.1) is 23.7 Å². The third kappa shape index (κ3) is 10.4. The molecule has 0 radical (unpaired) electrons. The van der Waals surface area contributed by atoms with Crippen LogP contribution < -0.4 is 83.1 Å². The van der Waals surface area contributed by atoms with Gasteiger partial charge in [-0.25, -0.2) is 16.8 Å². The number of nitrogens with one attached hydrogen (secondary N) is 4. The minimum absolute atomic E-state index is 0. The molecule has 4 aliphatic carbocycles. The van der Waals surface area contributed by atoms with E-state index in [-0.39, 0.29) is 106 Å². The molecule has 0 amide bonds. The summed E-state index contributed by atoms with van der Waals surface area (Å²) in [5.41, 5.74) is 0. The molecule has 6 N–H and O–H groups in total. The molecule has 46 heavy (non-hydrogen) atoms. The van der Waals surface area contributed by atoms with E-state index in [4.69, 9.17) is 0 Å². The van der Waals surface area contributed by atoms with Crippen LogP contribution in [0.2, 0.25) is 0 Å². The van der Waals surface area contributed by atoms with Crippen molar-refractivity contribution in [2.75, 3.05) is 6.67 Å². The van der Waals surface area contributed by atoms with Gasteiger partial charge >= 0.3 is 56.6 Å². The fraction of sp³-hybridized carbons (Fsp3) is 1.00. The van der Waals surface area contributed by atoms with E-state index >= 15 is 0 Å². The summed E-state index contributed by atoms with van der Waals surface area (Å²) >= 11 is 0.700. The number of aliphatic hydroxyl groups is 2. The average molecular weight is 693 g/mol. The van der Waals surface area contributed by atoms with Crippen LogP contribution in [0.25, 0.3) is 0 Å². The van der Waals surface area contributed by atoms with E-state index in [0.29, 0.717) is 44.4 Å². The van der Waals surface area contributed by atoms with Gasteiger partial charge in [0.15, 0.2) is 6.35 Å². The number of hydrogen-bond donors (Lipinski definition) is 6. The average Bonchev–Trinajstić information content (AvgIpc) is 2.93. The van der Waals surface area contributed by atoms with Gasteiger partial charge in [-0.1, -0.05) is 6.42 Å². The number of hydrogen-bond acceptors (Lipinski definition) is 18. The first-order valence-electron chi connectivity index (χ1n) is 14.6. The van der Waals surface area contributed by atoms with Crippen LogP contribution in [0.4, 0.5) is 0 Å². The Kier molecular flexibility index (Phi) is 17.6. The van der Waals surface area contributed by atoms with Gasteiger partial charge in [0.05, 0.1) is 54.8 Å². The molecule has 13 atom stereocenters. The predicted molar refractivity (Wildman–Crippen MR) is 145 cm³/mol. The Labute approximate surface area is 309 Å². The second-order valence-electron chi connectivity index (χ2n) is 12.3. The normalized spacial score (nSPS) is 41.6.